The summed E-state index contributed by atoms with van der Waals surface area (Å²) in [6, 6.07) is 0. The van der Waals surface area contributed by atoms with Gasteiger partial charge in [0.25, 0.3) is 5.56 Å². The molecule has 6 nitrogen and oxygen atoms in total. The van der Waals surface area contributed by atoms with Crippen LogP contribution >= 0.6 is 27.7 Å². The lowest BCUT2D eigenvalue weighted by atomic mass is 10.2. The van der Waals surface area contributed by atoms with Crippen molar-refractivity contribution in [3.63, 3.8) is 0 Å². The van der Waals surface area contributed by atoms with Crippen LogP contribution in [0.1, 0.15) is 17.4 Å². The lowest BCUT2D eigenvalue weighted by molar-refractivity contribution is 0.137. The van der Waals surface area contributed by atoms with Crippen LogP contribution in [0.15, 0.2) is 20.8 Å². The van der Waals surface area contributed by atoms with E-state index in [4.69, 9.17) is 5.11 Å². The smallest absolute Gasteiger partial charge is 0.329 e. The van der Waals surface area contributed by atoms with Crippen molar-refractivity contribution in [2.24, 2.45) is 0 Å². The van der Waals surface area contributed by atoms with Gasteiger partial charge in [0.15, 0.2) is 0 Å². The number of aliphatic hydroxyl groups is 2. The molecule has 3 atom stereocenters. The number of thioether (sulfide) groups is 1. The predicted octanol–water partition coefficient (Wildman–Crippen LogP) is 0.260. The third kappa shape index (κ3) is 3.02. The van der Waals surface area contributed by atoms with Gasteiger partial charge in [-0.1, -0.05) is 15.9 Å². The number of aromatic amines is 1. The highest BCUT2D eigenvalue weighted by Crippen LogP contribution is 2.40. The number of hydrogen-bond donors (Lipinski definition) is 3. The quantitative estimate of drug-likeness (QED) is 0.728. The number of halogens is 1. The topological polar surface area (TPSA) is 95.3 Å². The highest BCUT2D eigenvalue weighted by Gasteiger charge is 2.34. The van der Waals surface area contributed by atoms with Crippen LogP contribution < -0.4 is 11.2 Å². The molecular formula is C11H13BrN2O4S. The van der Waals surface area contributed by atoms with E-state index < -0.39 is 17.4 Å². The number of nitrogens with zero attached hydrogens (tertiary/aromatic N) is 1. The molecule has 0 saturated carbocycles. The molecule has 0 radical (unpaired) electrons. The number of rotatable bonds is 3. The van der Waals surface area contributed by atoms with Gasteiger partial charge in [0, 0.05) is 12.6 Å². The van der Waals surface area contributed by atoms with Crippen molar-refractivity contribution in [3.05, 3.63) is 37.6 Å². The Bertz CT molecular complexity index is 597. The number of hydrogen-bond acceptors (Lipinski definition) is 5. The maximum atomic E-state index is 11.8. The Morgan fingerprint density at radius 2 is 2.32 bits per heavy atom. The predicted molar refractivity (Wildman–Crippen MR) is 77.4 cm³/mol. The van der Waals surface area contributed by atoms with Crippen LogP contribution in [-0.2, 0) is 0 Å². The highest BCUT2D eigenvalue weighted by molar-refractivity contribution is 9.11. The zero-order chi connectivity index (χ0) is 14.0. The molecule has 0 amide bonds. The highest BCUT2D eigenvalue weighted by atomic mass is 79.9. The summed E-state index contributed by atoms with van der Waals surface area (Å²) >= 11 is 4.40. The largest absolute Gasteiger partial charge is 0.395 e. The van der Waals surface area contributed by atoms with Crippen molar-refractivity contribution in [2.45, 2.75) is 23.1 Å². The van der Waals surface area contributed by atoms with Gasteiger partial charge in [-0.15, -0.1) is 11.8 Å². The first kappa shape index (κ1) is 14.6. The number of nitrogens with one attached hydrogen (secondary N) is 1. The third-order valence-corrected chi connectivity index (χ3v) is 4.74. The lowest BCUT2D eigenvalue weighted by Crippen LogP contribution is -2.32. The zero-order valence-corrected chi connectivity index (χ0v) is 12.2. The summed E-state index contributed by atoms with van der Waals surface area (Å²) in [6.07, 6.45) is 2.70. The van der Waals surface area contributed by atoms with Gasteiger partial charge in [0.2, 0.25) is 0 Å². The maximum absolute atomic E-state index is 11.8. The minimum absolute atomic E-state index is 0.144. The Kier molecular flexibility index (Phi) is 4.67. The first-order valence-electron chi connectivity index (χ1n) is 5.63. The molecule has 2 heterocycles. The van der Waals surface area contributed by atoms with Crippen molar-refractivity contribution in [1.29, 1.82) is 0 Å². The standard InChI is InChI=1S/C11H13BrN2O4S/c12-2-1-6-4-14(11(18)13-10(6)17)9-3-7(16)8(5-15)19-9/h1-2,4,7-9,15-16H,3,5H2,(H,13,17,18)/b2-1+/t7-,8+,9+/m0/s1. The number of aromatic nitrogens is 2. The molecule has 0 aromatic carbocycles. The van der Waals surface area contributed by atoms with Gasteiger partial charge in [0.05, 0.1) is 28.9 Å². The Morgan fingerprint density at radius 1 is 1.58 bits per heavy atom. The fraction of sp³-hybridized carbons (Fsp3) is 0.455. The molecule has 8 heteroatoms. The van der Waals surface area contributed by atoms with Gasteiger partial charge < -0.3 is 10.2 Å². The van der Waals surface area contributed by atoms with E-state index >= 15 is 0 Å². The van der Waals surface area contributed by atoms with Gasteiger partial charge in [-0.05, 0) is 11.1 Å². The average molecular weight is 349 g/mol. The van der Waals surface area contributed by atoms with Gasteiger partial charge in [-0.2, -0.15) is 0 Å². The van der Waals surface area contributed by atoms with Crippen LogP contribution in [0.3, 0.4) is 0 Å². The fourth-order valence-corrected chi connectivity index (χ4v) is 3.61. The van der Waals surface area contributed by atoms with Crippen LogP contribution in [0.2, 0.25) is 0 Å². The molecule has 1 aliphatic rings. The summed E-state index contributed by atoms with van der Waals surface area (Å²) in [4.78, 5) is 27.1. The lowest BCUT2D eigenvalue weighted by Gasteiger charge is -2.13. The van der Waals surface area contributed by atoms with Crippen molar-refractivity contribution in [1.82, 2.24) is 9.55 Å². The molecule has 0 aliphatic carbocycles. The molecule has 0 unspecified atom stereocenters. The first-order chi connectivity index (χ1) is 9.06. The van der Waals surface area contributed by atoms with E-state index in [1.807, 2.05) is 0 Å². The summed E-state index contributed by atoms with van der Waals surface area (Å²) in [5, 5.41) is 18.3. The second kappa shape index (κ2) is 6.08. The molecule has 1 aromatic rings. The maximum Gasteiger partial charge on any atom is 0.329 e. The Morgan fingerprint density at radius 3 is 2.89 bits per heavy atom. The van der Waals surface area contributed by atoms with E-state index in [2.05, 4.69) is 20.9 Å². The van der Waals surface area contributed by atoms with Crippen molar-refractivity contribution < 1.29 is 10.2 Å². The Balaban J connectivity index is 2.38. The first-order valence-corrected chi connectivity index (χ1v) is 7.49. The summed E-state index contributed by atoms with van der Waals surface area (Å²) in [5.74, 6) is 0. The molecule has 1 aromatic heterocycles. The molecular weight excluding hydrogens is 336 g/mol. The van der Waals surface area contributed by atoms with E-state index in [0.29, 0.717) is 12.0 Å². The van der Waals surface area contributed by atoms with Gasteiger partial charge in [-0.3, -0.25) is 14.3 Å². The van der Waals surface area contributed by atoms with Crippen molar-refractivity contribution >= 4 is 33.8 Å². The van der Waals surface area contributed by atoms with E-state index in [1.54, 1.807) is 0 Å². The summed E-state index contributed by atoms with van der Waals surface area (Å²) in [7, 11) is 0. The summed E-state index contributed by atoms with van der Waals surface area (Å²) < 4.78 is 1.38. The molecule has 1 aliphatic heterocycles. The molecule has 0 spiro atoms. The zero-order valence-electron chi connectivity index (χ0n) is 9.82. The molecule has 2 rings (SSSR count). The van der Waals surface area contributed by atoms with Gasteiger partial charge in [0.1, 0.15) is 0 Å². The normalized spacial score (nSPS) is 27.2. The fourth-order valence-electron chi connectivity index (χ4n) is 1.95. The second-order valence-corrected chi connectivity index (χ2v) is 6.11. The Labute approximate surface area is 121 Å². The van der Waals surface area contributed by atoms with Crippen molar-refractivity contribution in [3.8, 4) is 0 Å². The second-order valence-electron chi connectivity index (χ2n) is 4.16. The van der Waals surface area contributed by atoms with Gasteiger partial charge >= 0.3 is 5.69 Å². The number of H-pyrrole nitrogens is 1. The van der Waals surface area contributed by atoms with Crippen LogP contribution in [-0.4, -0.2) is 37.7 Å². The molecule has 104 valence electrons. The molecule has 19 heavy (non-hydrogen) atoms. The minimum Gasteiger partial charge on any atom is -0.395 e. The summed E-state index contributed by atoms with van der Waals surface area (Å²) in [5.41, 5.74) is -0.627. The van der Waals surface area contributed by atoms with E-state index in [1.165, 1.54) is 33.6 Å². The summed E-state index contributed by atoms with van der Waals surface area (Å²) in [6.45, 7) is -0.144. The molecule has 3 N–H and O–H groups in total. The number of aliphatic hydroxyl groups excluding tert-OH is 2. The van der Waals surface area contributed by atoms with Crippen LogP contribution in [0, 0.1) is 0 Å². The van der Waals surface area contributed by atoms with E-state index in [-0.39, 0.29) is 17.2 Å². The van der Waals surface area contributed by atoms with Crippen LogP contribution in [0.5, 0.6) is 0 Å². The van der Waals surface area contributed by atoms with Crippen LogP contribution in [0.4, 0.5) is 0 Å². The van der Waals surface area contributed by atoms with E-state index in [0.717, 1.165) is 0 Å². The molecule has 0 bridgehead atoms. The third-order valence-electron chi connectivity index (χ3n) is 2.93. The van der Waals surface area contributed by atoms with E-state index in [9.17, 15) is 14.7 Å². The molecule has 1 saturated heterocycles. The minimum atomic E-state index is -0.658. The van der Waals surface area contributed by atoms with Gasteiger partial charge in [-0.25, -0.2) is 4.79 Å². The molecule has 1 fully saturated rings. The van der Waals surface area contributed by atoms with Crippen LogP contribution in [0.25, 0.3) is 6.08 Å². The monoisotopic (exact) mass is 348 g/mol. The SMILES string of the molecule is O=c1[nH]c(=O)n([C@H]2C[C@H](O)[C@@H](CO)S2)cc1/C=C/Br. The van der Waals surface area contributed by atoms with Crippen molar-refractivity contribution in [2.75, 3.05) is 6.61 Å². The average Bonchev–Trinajstić information content (AvgIpc) is 2.74. The Hall–Kier alpha value is -0.830.